The van der Waals surface area contributed by atoms with Gasteiger partial charge in [-0.25, -0.2) is 4.79 Å². The standard InChI is InChI=1S/C6H7NO3/c1-4-2-5(3-8)7(10)6(4)9/h4,10H,2H2,1H3. The second kappa shape index (κ2) is 2.25. The molecule has 0 aromatic heterocycles. The Hall–Kier alpha value is -1.12. The van der Waals surface area contributed by atoms with E-state index in [9.17, 15) is 9.59 Å². The molecule has 1 N–H and O–H groups in total. The zero-order chi connectivity index (χ0) is 7.72. The number of allylic oxidation sites excluding steroid dienone is 1. The predicted octanol–water partition coefficient (Wildman–Crippen LogP) is -0.0405. The van der Waals surface area contributed by atoms with E-state index in [1.807, 2.05) is 0 Å². The molecule has 0 saturated carbocycles. The zero-order valence-electron chi connectivity index (χ0n) is 5.50. The number of carbonyl (C=O) groups excluding carboxylic acids is 2. The van der Waals surface area contributed by atoms with Crippen molar-refractivity contribution < 1.29 is 14.8 Å². The Morgan fingerprint density at radius 2 is 2.40 bits per heavy atom. The second-order valence-corrected chi connectivity index (χ2v) is 2.30. The molecule has 1 aliphatic rings. The summed E-state index contributed by atoms with van der Waals surface area (Å²) < 4.78 is 0. The Labute approximate surface area is 57.7 Å². The first-order valence-corrected chi connectivity index (χ1v) is 2.93. The molecule has 1 unspecified atom stereocenters. The highest BCUT2D eigenvalue weighted by molar-refractivity contribution is 5.84. The fourth-order valence-electron chi connectivity index (χ4n) is 0.890. The number of amides is 1. The SMILES string of the molecule is CC1CC(=C=O)N(O)C1=O. The molecule has 1 rings (SSSR count). The number of hydrogen-bond donors (Lipinski definition) is 1. The highest BCUT2D eigenvalue weighted by Gasteiger charge is 2.32. The molecular weight excluding hydrogens is 134 g/mol. The van der Waals surface area contributed by atoms with Crippen LogP contribution in [0.2, 0.25) is 0 Å². The van der Waals surface area contributed by atoms with Gasteiger partial charge in [0.1, 0.15) is 11.6 Å². The normalized spacial score (nSPS) is 25.4. The molecule has 1 heterocycles. The summed E-state index contributed by atoms with van der Waals surface area (Å²) in [4.78, 5) is 20.7. The summed E-state index contributed by atoms with van der Waals surface area (Å²) in [7, 11) is 0. The molecule has 54 valence electrons. The van der Waals surface area contributed by atoms with Crippen molar-refractivity contribution in [1.29, 1.82) is 0 Å². The van der Waals surface area contributed by atoms with E-state index in [0.717, 1.165) is 0 Å². The lowest BCUT2D eigenvalue weighted by molar-refractivity contribution is -0.153. The smallest absolute Gasteiger partial charge is 0.254 e. The summed E-state index contributed by atoms with van der Waals surface area (Å²) in [5, 5.41) is 9.18. The quantitative estimate of drug-likeness (QED) is 0.380. The van der Waals surface area contributed by atoms with E-state index < -0.39 is 5.91 Å². The van der Waals surface area contributed by atoms with Crippen LogP contribution in [0.1, 0.15) is 13.3 Å². The van der Waals surface area contributed by atoms with Crippen molar-refractivity contribution >= 4 is 11.8 Å². The fraction of sp³-hybridized carbons (Fsp3) is 0.500. The molecule has 10 heavy (non-hydrogen) atoms. The van der Waals surface area contributed by atoms with E-state index in [-0.39, 0.29) is 11.6 Å². The third-order valence-corrected chi connectivity index (χ3v) is 1.50. The lowest BCUT2D eigenvalue weighted by atomic mass is 10.1. The Bertz CT molecular complexity index is 217. The third kappa shape index (κ3) is 0.835. The van der Waals surface area contributed by atoms with Gasteiger partial charge in [-0.05, 0) is 0 Å². The lowest BCUT2D eigenvalue weighted by Crippen LogP contribution is -2.21. The molecule has 0 bridgehead atoms. The van der Waals surface area contributed by atoms with Gasteiger partial charge in [-0.1, -0.05) is 6.92 Å². The Balaban J connectivity index is 2.91. The second-order valence-electron chi connectivity index (χ2n) is 2.30. The van der Waals surface area contributed by atoms with Crippen molar-refractivity contribution in [3.8, 4) is 0 Å². The van der Waals surface area contributed by atoms with E-state index >= 15 is 0 Å². The number of hydroxylamine groups is 2. The van der Waals surface area contributed by atoms with Crippen LogP contribution in [0.15, 0.2) is 5.70 Å². The van der Waals surface area contributed by atoms with Gasteiger partial charge in [-0.15, -0.1) is 0 Å². The van der Waals surface area contributed by atoms with Crippen molar-refractivity contribution in [1.82, 2.24) is 5.06 Å². The minimum atomic E-state index is -0.432. The molecule has 4 heteroatoms. The highest BCUT2D eigenvalue weighted by atomic mass is 16.5. The van der Waals surface area contributed by atoms with Gasteiger partial charge in [0.15, 0.2) is 0 Å². The van der Waals surface area contributed by atoms with Gasteiger partial charge >= 0.3 is 0 Å². The van der Waals surface area contributed by atoms with Crippen molar-refractivity contribution in [2.75, 3.05) is 0 Å². The maximum Gasteiger partial charge on any atom is 0.254 e. The van der Waals surface area contributed by atoms with Crippen molar-refractivity contribution in [3.05, 3.63) is 5.70 Å². The maximum absolute atomic E-state index is 10.8. The van der Waals surface area contributed by atoms with Crippen molar-refractivity contribution in [3.63, 3.8) is 0 Å². The molecule has 1 atom stereocenters. The largest absolute Gasteiger partial charge is 0.281 e. The number of carbonyl (C=O) groups is 1. The van der Waals surface area contributed by atoms with Crippen molar-refractivity contribution in [2.45, 2.75) is 13.3 Å². The third-order valence-electron chi connectivity index (χ3n) is 1.50. The summed E-state index contributed by atoms with van der Waals surface area (Å²) in [5.74, 6) is 0.774. The van der Waals surface area contributed by atoms with Gasteiger partial charge in [-0.2, -0.15) is 5.06 Å². The molecule has 0 radical (unpaired) electrons. The molecule has 0 spiro atoms. The average Bonchev–Trinajstić information content (AvgIpc) is 2.17. The van der Waals surface area contributed by atoms with E-state index in [2.05, 4.69) is 0 Å². The maximum atomic E-state index is 10.8. The topological polar surface area (TPSA) is 57.6 Å². The fourth-order valence-corrected chi connectivity index (χ4v) is 0.890. The Kier molecular flexibility index (Phi) is 1.57. The van der Waals surface area contributed by atoms with Crippen LogP contribution in [0.25, 0.3) is 0 Å². The monoisotopic (exact) mass is 141 g/mol. The first-order valence-electron chi connectivity index (χ1n) is 2.93. The van der Waals surface area contributed by atoms with Gasteiger partial charge in [0, 0.05) is 12.3 Å². The summed E-state index contributed by atoms with van der Waals surface area (Å²) in [6.07, 6.45) is 0.291. The molecule has 0 aliphatic carbocycles. The number of hydrogen-bond acceptors (Lipinski definition) is 3. The molecule has 0 aromatic rings. The highest BCUT2D eigenvalue weighted by Crippen LogP contribution is 2.22. The number of nitrogens with zero attached hydrogens (tertiary/aromatic N) is 1. The van der Waals surface area contributed by atoms with E-state index in [1.54, 1.807) is 6.92 Å². The summed E-state index contributed by atoms with van der Waals surface area (Å²) in [6.45, 7) is 1.65. The van der Waals surface area contributed by atoms with Gasteiger partial charge in [0.05, 0.1) is 0 Å². The van der Waals surface area contributed by atoms with Crippen LogP contribution in [0.3, 0.4) is 0 Å². The zero-order valence-corrected chi connectivity index (χ0v) is 5.50. The van der Waals surface area contributed by atoms with Gasteiger partial charge < -0.3 is 0 Å². The minimum Gasteiger partial charge on any atom is -0.281 e. The Morgan fingerprint density at radius 3 is 2.60 bits per heavy atom. The van der Waals surface area contributed by atoms with Crippen LogP contribution in [-0.2, 0) is 9.59 Å². The molecule has 1 amide bonds. The van der Waals surface area contributed by atoms with Crippen LogP contribution in [-0.4, -0.2) is 22.1 Å². The minimum absolute atomic E-state index is 0.0255. The lowest BCUT2D eigenvalue weighted by Gasteiger charge is -2.03. The molecule has 1 aliphatic heterocycles. The first kappa shape index (κ1) is 6.99. The predicted molar refractivity (Wildman–Crippen MR) is 31.6 cm³/mol. The van der Waals surface area contributed by atoms with Crippen LogP contribution in [0.4, 0.5) is 0 Å². The van der Waals surface area contributed by atoms with E-state index in [0.29, 0.717) is 11.5 Å². The first-order chi connectivity index (χ1) is 4.66. The average molecular weight is 141 g/mol. The molecule has 1 saturated heterocycles. The summed E-state index contributed by atoms with van der Waals surface area (Å²) >= 11 is 0. The Morgan fingerprint density at radius 1 is 1.80 bits per heavy atom. The summed E-state index contributed by atoms with van der Waals surface area (Å²) in [5.41, 5.74) is 0.0255. The molecular formula is C6H7NO3. The van der Waals surface area contributed by atoms with Crippen molar-refractivity contribution in [2.24, 2.45) is 5.92 Å². The molecule has 1 fully saturated rings. The number of rotatable bonds is 0. The van der Waals surface area contributed by atoms with Crippen LogP contribution in [0, 0.1) is 5.92 Å². The summed E-state index contributed by atoms with van der Waals surface area (Å²) in [6, 6.07) is 0. The van der Waals surface area contributed by atoms with E-state index in [1.165, 1.54) is 5.94 Å². The van der Waals surface area contributed by atoms with Gasteiger partial charge in [-0.3, -0.25) is 10.0 Å². The van der Waals surface area contributed by atoms with Gasteiger partial charge in [0.2, 0.25) is 0 Å². The van der Waals surface area contributed by atoms with Crippen LogP contribution < -0.4 is 0 Å². The molecule has 0 aromatic carbocycles. The van der Waals surface area contributed by atoms with Crippen LogP contribution >= 0.6 is 0 Å². The molecule has 4 nitrogen and oxygen atoms in total. The van der Waals surface area contributed by atoms with E-state index in [4.69, 9.17) is 5.21 Å². The van der Waals surface area contributed by atoms with Crippen LogP contribution in [0.5, 0.6) is 0 Å². The van der Waals surface area contributed by atoms with Gasteiger partial charge in [0.25, 0.3) is 5.91 Å².